The number of carbonyl (C=O) groups excluding carboxylic acids is 1. The summed E-state index contributed by atoms with van der Waals surface area (Å²) in [5.41, 5.74) is 0.228. The molecular formula is C9H14O2. The molecule has 0 bridgehead atoms. The second kappa shape index (κ2) is 1.99. The van der Waals surface area contributed by atoms with Crippen LogP contribution in [0, 0.1) is 11.3 Å². The van der Waals surface area contributed by atoms with Crippen LogP contribution in [0.4, 0.5) is 0 Å². The van der Waals surface area contributed by atoms with Gasteiger partial charge in [-0.1, -0.05) is 13.8 Å². The van der Waals surface area contributed by atoms with Crippen LogP contribution in [0.15, 0.2) is 0 Å². The van der Waals surface area contributed by atoms with Gasteiger partial charge in [0.1, 0.15) is 6.10 Å². The average molecular weight is 154 g/mol. The largest absolute Gasteiger partial charge is 0.462 e. The van der Waals surface area contributed by atoms with Crippen molar-refractivity contribution in [1.82, 2.24) is 0 Å². The van der Waals surface area contributed by atoms with Crippen LogP contribution >= 0.6 is 0 Å². The summed E-state index contributed by atoms with van der Waals surface area (Å²) in [7, 11) is 0. The van der Waals surface area contributed by atoms with E-state index in [1.54, 1.807) is 0 Å². The Labute approximate surface area is 66.9 Å². The molecule has 0 aromatic carbocycles. The third-order valence-electron chi connectivity index (χ3n) is 2.61. The molecule has 2 fully saturated rings. The second-order valence-electron chi connectivity index (χ2n) is 4.38. The highest BCUT2D eigenvalue weighted by Crippen LogP contribution is 2.52. The molecule has 1 atom stereocenters. The molecule has 2 aliphatic carbocycles. The molecule has 0 amide bonds. The van der Waals surface area contributed by atoms with Gasteiger partial charge in [0.2, 0.25) is 0 Å². The maximum absolute atomic E-state index is 11.2. The molecule has 0 saturated heterocycles. The summed E-state index contributed by atoms with van der Waals surface area (Å²) < 4.78 is 5.18. The molecule has 11 heavy (non-hydrogen) atoms. The molecule has 62 valence electrons. The third-order valence-corrected chi connectivity index (χ3v) is 2.61. The van der Waals surface area contributed by atoms with E-state index in [1.165, 1.54) is 0 Å². The lowest BCUT2D eigenvalue weighted by Crippen LogP contribution is -2.11. The lowest BCUT2D eigenvalue weighted by molar-refractivity contribution is -0.147. The SMILES string of the molecule is CC1(C)C[C@@H]1C(=O)OC1CC1. The first-order valence-corrected chi connectivity index (χ1v) is 4.30. The van der Waals surface area contributed by atoms with E-state index in [4.69, 9.17) is 4.74 Å². The van der Waals surface area contributed by atoms with Crippen LogP contribution in [0.2, 0.25) is 0 Å². The van der Waals surface area contributed by atoms with Crippen molar-refractivity contribution in [3.8, 4) is 0 Å². The predicted octanol–water partition coefficient (Wildman–Crippen LogP) is 1.74. The Hall–Kier alpha value is -0.530. The minimum absolute atomic E-state index is 0.0394. The van der Waals surface area contributed by atoms with Crippen LogP contribution in [0.3, 0.4) is 0 Å². The van der Waals surface area contributed by atoms with Gasteiger partial charge >= 0.3 is 5.97 Å². The minimum atomic E-state index is 0.0394. The molecule has 2 rings (SSSR count). The van der Waals surface area contributed by atoms with Crippen LogP contribution in [0.5, 0.6) is 0 Å². The molecule has 0 unspecified atom stereocenters. The predicted molar refractivity (Wildman–Crippen MR) is 41.0 cm³/mol. The van der Waals surface area contributed by atoms with Gasteiger partial charge in [-0.15, -0.1) is 0 Å². The Kier molecular flexibility index (Phi) is 1.29. The van der Waals surface area contributed by atoms with Gasteiger partial charge in [0.25, 0.3) is 0 Å². The topological polar surface area (TPSA) is 26.3 Å². The molecule has 2 aliphatic rings. The van der Waals surface area contributed by atoms with Gasteiger partial charge in [-0.3, -0.25) is 4.79 Å². The zero-order chi connectivity index (χ0) is 8.06. The minimum Gasteiger partial charge on any atom is -0.462 e. The molecule has 0 radical (unpaired) electrons. The van der Waals surface area contributed by atoms with E-state index in [0.717, 1.165) is 19.3 Å². The van der Waals surface area contributed by atoms with E-state index in [0.29, 0.717) is 0 Å². The maximum atomic E-state index is 11.2. The fourth-order valence-electron chi connectivity index (χ4n) is 1.30. The highest BCUT2D eigenvalue weighted by molar-refractivity contribution is 5.77. The van der Waals surface area contributed by atoms with Gasteiger partial charge in [0.15, 0.2) is 0 Å². The lowest BCUT2D eigenvalue weighted by atomic mass is 10.1. The quantitative estimate of drug-likeness (QED) is 0.566. The van der Waals surface area contributed by atoms with Gasteiger partial charge < -0.3 is 4.74 Å². The summed E-state index contributed by atoms with van der Waals surface area (Å²) in [4.78, 5) is 11.2. The number of esters is 1. The van der Waals surface area contributed by atoms with E-state index in [-0.39, 0.29) is 23.4 Å². The number of hydrogen-bond donors (Lipinski definition) is 0. The molecular weight excluding hydrogens is 140 g/mol. The molecule has 2 nitrogen and oxygen atoms in total. The number of ether oxygens (including phenoxy) is 1. The lowest BCUT2D eigenvalue weighted by Gasteiger charge is -2.03. The van der Waals surface area contributed by atoms with Crippen molar-refractivity contribution in [3.63, 3.8) is 0 Å². The van der Waals surface area contributed by atoms with Crippen LogP contribution in [0.1, 0.15) is 33.1 Å². The Morgan fingerprint density at radius 3 is 2.36 bits per heavy atom. The van der Waals surface area contributed by atoms with Crippen molar-refractivity contribution in [3.05, 3.63) is 0 Å². The molecule has 2 heteroatoms. The highest BCUT2D eigenvalue weighted by atomic mass is 16.5. The van der Waals surface area contributed by atoms with Crippen LogP contribution in [0.25, 0.3) is 0 Å². The standard InChI is InChI=1S/C9H14O2/c1-9(2)5-7(9)8(10)11-6-3-4-6/h6-7H,3-5H2,1-2H3/t7-/m1/s1. The van der Waals surface area contributed by atoms with Crippen molar-refractivity contribution < 1.29 is 9.53 Å². The number of carbonyl (C=O) groups is 1. The zero-order valence-electron chi connectivity index (χ0n) is 7.09. The fourth-order valence-corrected chi connectivity index (χ4v) is 1.30. The molecule has 0 spiro atoms. The maximum Gasteiger partial charge on any atom is 0.309 e. The first kappa shape index (κ1) is 7.14. The van der Waals surface area contributed by atoms with Crippen molar-refractivity contribution >= 4 is 5.97 Å². The third kappa shape index (κ3) is 1.39. The van der Waals surface area contributed by atoms with Gasteiger partial charge in [-0.2, -0.15) is 0 Å². The molecule has 0 heterocycles. The van der Waals surface area contributed by atoms with Crippen molar-refractivity contribution in [1.29, 1.82) is 0 Å². The number of hydrogen-bond acceptors (Lipinski definition) is 2. The molecule has 0 aliphatic heterocycles. The summed E-state index contributed by atoms with van der Waals surface area (Å²) in [6, 6.07) is 0. The van der Waals surface area contributed by atoms with E-state index < -0.39 is 0 Å². The Balaban J connectivity index is 1.82. The average Bonchev–Trinajstić information content (AvgIpc) is 2.71. The van der Waals surface area contributed by atoms with Gasteiger partial charge in [-0.05, 0) is 24.7 Å². The summed E-state index contributed by atoms with van der Waals surface area (Å²) in [6.07, 6.45) is 3.45. The van der Waals surface area contributed by atoms with E-state index in [1.807, 2.05) is 0 Å². The summed E-state index contributed by atoms with van der Waals surface area (Å²) >= 11 is 0. The van der Waals surface area contributed by atoms with Crippen molar-refractivity contribution in [2.24, 2.45) is 11.3 Å². The summed E-state index contributed by atoms with van der Waals surface area (Å²) in [6.45, 7) is 4.23. The van der Waals surface area contributed by atoms with E-state index in [2.05, 4.69) is 13.8 Å². The molecule has 0 N–H and O–H groups in total. The molecule has 0 aromatic heterocycles. The Morgan fingerprint density at radius 1 is 1.45 bits per heavy atom. The second-order valence-corrected chi connectivity index (χ2v) is 4.38. The van der Waals surface area contributed by atoms with Crippen LogP contribution in [-0.4, -0.2) is 12.1 Å². The monoisotopic (exact) mass is 154 g/mol. The molecule has 0 aromatic rings. The first-order valence-electron chi connectivity index (χ1n) is 4.30. The van der Waals surface area contributed by atoms with Gasteiger partial charge in [0, 0.05) is 0 Å². The zero-order valence-corrected chi connectivity index (χ0v) is 7.09. The summed E-state index contributed by atoms with van der Waals surface area (Å²) in [5, 5.41) is 0. The van der Waals surface area contributed by atoms with E-state index in [9.17, 15) is 4.79 Å². The van der Waals surface area contributed by atoms with Crippen molar-refractivity contribution in [2.45, 2.75) is 39.2 Å². The Bertz CT molecular complexity index is 192. The molecule has 2 saturated carbocycles. The first-order chi connectivity index (χ1) is 5.09. The van der Waals surface area contributed by atoms with Crippen LogP contribution in [-0.2, 0) is 9.53 Å². The normalized spacial score (nSPS) is 33.1. The Morgan fingerprint density at radius 2 is 2.00 bits per heavy atom. The van der Waals surface area contributed by atoms with E-state index >= 15 is 0 Å². The van der Waals surface area contributed by atoms with Crippen molar-refractivity contribution in [2.75, 3.05) is 0 Å². The van der Waals surface area contributed by atoms with Gasteiger partial charge in [-0.25, -0.2) is 0 Å². The van der Waals surface area contributed by atoms with Gasteiger partial charge in [0.05, 0.1) is 5.92 Å². The number of rotatable bonds is 2. The highest BCUT2D eigenvalue weighted by Gasteiger charge is 2.52. The fraction of sp³-hybridized carbons (Fsp3) is 0.889. The van der Waals surface area contributed by atoms with Crippen LogP contribution < -0.4 is 0 Å². The smallest absolute Gasteiger partial charge is 0.309 e. The summed E-state index contributed by atoms with van der Waals surface area (Å²) in [5.74, 6) is 0.237.